The van der Waals surface area contributed by atoms with Crippen LogP contribution in [0.2, 0.25) is 0 Å². The topological polar surface area (TPSA) is 40.6 Å². The Balaban J connectivity index is 1.10. The fourth-order valence-electron chi connectivity index (χ4n) is 5.57. The van der Waals surface area contributed by atoms with Crippen LogP contribution in [-0.2, 0) is 6.42 Å². The molecule has 0 spiro atoms. The van der Waals surface area contributed by atoms with Crippen molar-refractivity contribution < 1.29 is 9.59 Å². The molecule has 1 fully saturated rings. The molecule has 2 amide bonds. The van der Waals surface area contributed by atoms with Gasteiger partial charge in [0.1, 0.15) is 0 Å². The van der Waals surface area contributed by atoms with Crippen LogP contribution in [0.15, 0.2) is 48.5 Å². The average Bonchev–Trinajstić information content (AvgIpc) is 3.28. The van der Waals surface area contributed by atoms with Crippen molar-refractivity contribution in [3.05, 3.63) is 70.8 Å². The van der Waals surface area contributed by atoms with Gasteiger partial charge in [-0.05, 0) is 68.5 Å². The zero-order chi connectivity index (χ0) is 19.8. The number of likely N-dealkylation sites (tertiary alicyclic amines) is 1. The number of benzene rings is 2. The van der Waals surface area contributed by atoms with Crippen LogP contribution in [-0.4, -0.2) is 47.3 Å². The van der Waals surface area contributed by atoms with Crippen molar-refractivity contribution in [3.63, 3.8) is 0 Å². The minimum absolute atomic E-state index is 0.131. The standard InChI is InChI=1S/C25H28N2O2/c28-24-21-10-4-5-11-22(21)25(29)27(24)16-7-1-6-15-26-17-14-20-19-9-3-2-8-18(19)12-13-23(20)26/h2-5,8-11,20,23H,1,6-7,12-17H2/t20-,23+/m0/s1. The Kier molecular flexibility index (Phi) is 4.96. The minimum Gasteiger partial charge on any atom is -0.300 e. The van der Waals surface area contributed by atoms with Crippen molar-refractivity contribution in [1.29, 1.82) is 0 Å². The predicted molar refractivity (Wildman–Crippen MR) is 113 cm³/mol. The molecule has 2 heterocycles. The van der Waals surface area contributed by atoms with Gasteiger partial charge in [-0.1, -0.05) is 42.8 Å². The van der Waals surface area contributed by atoms with Gasteiger partial charge in [0.25, 0.3) is 11.8 Å². The zero-order valence-corrected chi connectivity index (χ0v) is 16.8. The molecule has 5 rings (SSSR count). The summed E-state index contributed by atoms with van der Waals surface area (Å²) in [5.41, 5.74) is 4.24. The van der Waals surface area contributed by atoms with E-state index in [1.807, 2.05) is 12.1 Å². The summed E-state index contributed by atoms with van der Waals surface area (Å²) in [4.78, 5) is 29.0. The first-order chi connectivity index (χ1) is 14.2. The van der Waals surface area contributed by atoms with Crippen LogP contribution in [0.3, 0.4) is 0 Å². The van der Waals surface area contributed by atoms with Crippen molar-refractivity contribution in [2.45, 2.75) is 50.5 Å². The van der Waals surface area contributed by atoms with Crippen molar-refractivity contribution >= 4 is 11.8 Å². The van der Waals surface area contributed by atoms with Gasteiger partial charge in [-0.3, -0.25) is 19.4 Å². The van der Waals surface area contributed by atoms with Crippen LogP contribution in [0.5, 0.6) is 0 Å². The molecule has 29 heavy (non-hydrogen) atoms. The molecule has 2 aliphatic heterocycles. The van der Waals surface area contributed by atoms with Crippen molar-refractivity contribution in [1.82, 2.24) is 9.80 Å². The number of amides is 2. The maximum absolute atomic E-state index is 12.4. The highest BCUT2D eigenvalue weighted by Gasteiger charge is 2.38. The molecule has 1 saturated heterocycles. The van der Waals surface area contributed by atoms with Crippen LogP contribution in [0.25, 0.3) is 0 Å². The molecule has 0 N–H and O–H groups in total. The average molecular weight is 389 g/mol. The number of fused-ring (bicyclic) bond motifs is 4. The highest BCUT2D eigenvalue weighted by Crippen LogP contribution is 2.41. The summed E-state index contributed by atoms with van der Waals surface area (Å²) in [5.74, 6) is 0.445. The Morgan fingerprint density at radius 2 is 1.48 bits per heavy atom. The van der Waals surface area contributed by atoms with E-state index in [1.165, 1.54) is 30.7 Å². The normalized spacial score (nSPS) is 23.2. The molecule has 0 bridgehead atoms. The number of aryl methyl sites for hydroxylation is 1. The van der Waals surface area contributed by atoms with E-state index in [2.05, 4.69) is 29.2 Å². The summed E-state index contributed by atoms with van der Waals surface area (Å²) in [6.45, 7) is 2.86. The summed E-state index contributed by atoms with van der Waals surface area (Å²) in [6.07, 6.45) is 6.82. The lowest BCUT2D eigenvalue weighted by molar-refractivity contribution is 0.0651. The number of carbonyl (C=O) groups excluding carboxylic acids is 2. The number of hydrogen-bond acceptors (Lipinski definition) is 3. The molecule has 0 radical (unpaired) electrons. The molecule has 2 aromatic rings. The van der Waals surface area contributed by atoms with Gasteiger partial charge in [0, 0.05) is 18.5 Å². The molecule has 3 aliphatic rings. The van der Waals surface area contributed by atoms with E-state index in [1.54, 1.807) is 23.3 Å². The van der Waals surface area contributed by atoms with Gasteiger partial charge in [0.15, 0.2) is 0 Å². The maximum atomic E-state index is 12.4. The van der Waals surface area contributed by atoms with Gasteiger partial charge < -0.3 is 0 Å². The number of nitrogens with zero attached hydrogens (tertiary/aromatic N) is 2. The van der Waals surface area contributed by atoms with Crippen LogP contribution in [0.4, 0.5) is 0 Å². The number of imide groups is 1. The van der Waals surface area contributed by atoms with E-state index >= 15 is 0 Å². The molecular formula is C25H28N2O2. The van der Waals surface area contributed by atoms with E-state index in [-0.39, 0.29) is 11.8 Å². The van der Waals surface area contributed by atoms with E-state index in [4.69, 9.17) is 0 Å². The van der Waals surface area contributed by atoms with Crippen LogP contribution < -0.4 is 0 Å². The maximum Gasteiger partial charge on any atom is 0.261 e. The van der Waals surface area contributed by atoms with Crippen molar-refractivity contribution in [3.8, 4) is 0 Å². The Hall–Kier alpha value is -2.46. The molecule has 150 valence electrons. The molecule has 4 heteroatoms. The fourth-order valence-corrected chi connectivity index (χ4v) is 5.57. The molecule has 2 atom stereocenters. The minimum atomic E-state index is -0.131. The first-order valence-electron chi connectivity index (χ1n) is 11.0. The van der Waals surface area contributed by atoms with Crippen LogP contribution in [0, 0.1) is 0 Å². The first-order valence-corrected chi connectivity index (χ1v) is 11.0. The second-order valence-corrected chi connectivity index (χ2v) is 8.60. The Labute approximate surface area is 172 Å². The first kappa shape index (κ1) is 18.6. The summed E-state index contributed by atoms with van der Waals surface area (Å²) < 4.78 is 0. The van der Waals surface area contributed by atoms with Gasteiger partial charge in [-0.25, -0.2) is 0 Å². The zero-order valence-electron chi connectivity index (χ0n) is 16.8. The molecule has 1 aliphatic carbocycles. The predicted octanol–water partition coefficient (Wildman–Crippen LogP) is 4.26. The number of rotatable bonds is 6. The monoisotopic (exact) mass is 388 g/mol. The van der Waals surface area contributed by atoms with Gasteiger partial charge in [-0.15, -0.1) is 0 Å². The number of unbranched alkanes of at least 4 members (excludes halogenated alkanes) is 2. The summed E-state index contributed by atoms with van der Waals surface area (Å²) in [6, 6.07) is 16.8. The quantitative estimate of drug-likeness (QED) is 0.548. The lowest BCUT2D eigenvalue weighted by atomic mass is 9.79. The third-order valence-corrected chi connectivity index (χ3v) is 7.03. The fraction of sp³-hybridized carbons (Fsp3) is 0.440. The molecular weight excluding hydrogens is 360 g/mol. The Morgan fingerprint density at radius 3 is 2.28 bits per heavy atom. The van der Waals surface area contributed by atoms with Gasteiger partial charge >= 0.3 is 0 Å². The van der Waals surface area contributed by atoms with Gasteiger partial charge in [-0.2, -0.15) is 0 Å². The van der Waals surface area contributed by atoms with Crippen LogP contribution in [0.1, 0.15) is 69.9 Å². The summed E-state index contributed by atoms with van der Waals surface area (Å²) in [5, 5.41) is 0. The van der Waals surface area contributed by atoms with Gasteiger partial charge in [0.05, 0.1) is 11.1 Å². The number of carbonyl (C=O) groups is 2. The lowest BCUT2D eigenvalue weighted by Crippen LogP contribution is -2.35. The van der Waals surface area contributed by atoms with E-state index < -0.39 is 0 Å². The van der Waals surface area contributed by atoms with Gasteiger partial charge in [0.2, 0.25) is 0 Å². The second-order valence-electron chi connectivity index (χ2n) is 8.60. The van der Waals surface area contributed by atoms with Crippen LogP contribution >= 0.6 is 0 Å². The molecule has 4 nitrogen and oxygen atoms in total. The van der Waals surface area contributed by atoms with E-state index in [0.717, 1.165) is 25.8 Å². The Morgan fingerprint density at radius 1 is 0.793 bits per heavy atom. The molecule has 0 aromatic heterocycles. The van der Waals surface area contributed by atoms with E-state index in [9.17, 15) is 9.59 Å². The number of hydrogen-bond donors (Lipinski definition) is 0. The highest BCUT2D eigenvalue weighted by molar-refractivity contribution is 6.21. The summed E-state index contributed by atoms with van der Waals surface area (Å²) >= 11 is 0. The van der Waals surface area contributed by atoms with Crippen molar-refractivity contribution in [2.75, 3.05) is 19.6 Å². The lowest BCUT2D eigenvalue weighted by Gasteiger charge is -2.33. The molecule has 2 aromatic carbocycles. The second kappa shape index (κ2) is 7.75. The van der Waals surface area contributed by atoms with E-state index in [0.29, 0.717) is 29.6 Å². The summed E-state index contributed by atoms with van der Waals surface area (Å²) in [7, 11) is 0. The Bertz CT molecular complexity index is 903. The largest absolute Gasteiger partial charge is 0.300 e. The van der Waals surface area contributed by atoms with Crippen molar-refractivity contribution in [2.24, 2.45) is 0 Å². The SMILES string of the molecule is O=C1c2ccccc2C(=O)N1CCCCCN1CC[C@H]2c3ccccc3CC[C@H]21. The molecule has 0 unspecified atom stereocenters. The smallest absolute Gasteiger partial charge is 0.261 e. The molecule has 0 saturated carbocycles. The third-order valence-electron chi connectivity index (χ3n) is 7.03. The third kappa shape index (κ3) is 3.29. The highest BCUT2D eigenvalue weighted by atomic mass is 16.2.